The van der Waals surface area contributed by atoms with Crippen molar-refractivity contribution in [2.75, 3.05) is 19.6 Å². The summed E-state index contributed by atoms with van der Waals surface area (Å²) in [5, 5.41) is 9.97. The summed E-state index contributed by atoms with van der Waals surface area (Å²) in [6.07, 6.45) is 6.58. The van der Waals surface area contributed by atoms with Crippen LogP contribution in [0.3, 0.4) is 0 Å². The van der Waals surface area contributed by atoms with Crippen LogP contribution in [0, 0.1) is 5.92 Å². The number of hydrogen-bond acceptors (Lipinski definition) is 4. The summed E-state index contributed by atoms with van der Waals surface area (Å²) in [7, 11) is 2.08. The molecule has 1 N–H and O–H groups in total. The summed E-state index contributed by atoms with van der Waals surface area (Å²) in [6.45, 7) is 4.44. The van der Waals surface area contributed by atoms with E-state index >= 15 is 0 Å². The van der Waals surface area contributed by atoms with Crippen LogP contribution in [0.1, 0.15) is 30.1 Å². The zero-order valence-corrected chi connectivity index (χ0v) is 14.8. The van der Waals surface area contributed by atoms with E-state index in [4.69, 9.17) is 0 Å². The predicted molar refractivity (Wildman–Crippen MR) is 96.3 cm³/mol. The zero-order chi connectivity index (χ0) is 17.0. The van der Waals surface area contributed by atoms with Crippen LogP contribution in [0.4, 0.5) is 0 Å². The highest BCUT2D eigenvalue weighted by Crippen LogP contribution is 2.47. The molecule has 0 unspecified atom stereocenters. The Morgan fingerprint density at radius 1 is 1.20 bits per heavy atom. The van der Waals surface area contributed by atoms with Gasteiger partial charge in [0.1, 0.15) is 11.6 Å². The van der Waals surface area contributed by atoms with Crippen molar-refractivity contribution >= 4 is 0 Å². The highest BCUT2D eigenvalue weighted by Gasteiger charge is 2.53. The van der Waals surface area contributed by atoms with Crippen molar-refractivity contribution in [3.8, 4) is 5.75 Å². The molecule has 0 amide bonds. The Morgan fingerprint density at radius 2 is 2.04 bits per heavy atom. The van der Waals surface area contributed by atoms with Crippen molar-refractivity contribution in [3.05, 3.63) is 48.0 Å². The Labute approximate surface area is 148 Å². The molecule has 4 fully saturated rings. The van der Waals surface area contributed by atoms with E-state index < -0.39 is 0 Å². The molecule has 0 saturated carbocycles. The summed E-state index contributed by atoms with van der Waals surface area (Å²) < 4.78 is 2.14. The molecule has 1 aromatic carbocycles. The Morgan fingerprint density at radius 3 is 2.76 bits per heavy atom. The van der Waals surface area contributed by atoms with E-state index in [1.807, 2.05) is 24.5 Å². The van der Waals surface area contributed by atoms with Crippen LogP contribution >= 0.6 is 0 Å². The lowest BCUT2D eigenvalue weighted by atomic mass is 9.75. The Hall–Kier alpha value is -1.85. The zero-order valence-electron chi connectivity index (χ0n) is 14.8. The minimum atomic E-state index is 0.382. The minimum Gasteiger partial charge on any atom is -0.508 e. The first-order valence-electron chi connectivity index (χ1n) is 9.44. The molecule has 0 radical (unpaired) electrons. The van der Waals surface area contributed by atoms with Crippen molar-refractivity contribution in [1.29, 1.82) is 0 Å². The SMILES string of the molecule is Cn1ccnc1CN1C[C@@H](c2cccc(O)c2)[C@@H]2[C@H]1C1CCN2CC1. The van der Waals surface area contributed by atoms with Crippen LogP contribution < -0.4 is 0 Å². The first-order chi connectivity index (χ1) is 12.2. The number of aromatic nitrogens is 2. The number of benzene rings is 1. The van der Waals surface area contributed by atoms with E-state index in [1.165, 1.54) is 31.5 Å². The third-order valence-corrected chi connectivity index (χ3v) is 6.66. The van der Waals surface area contributed by atoms with Crippen LogP contribution in [0.15, 0.2) is 36.7 Å². The molecule has 0 aliphatic carbocycles. The average molecular weight is 338 g/mol. The van der Waals surface area contributed by atoms with Crippen LogP contribution in [0.25, 0.3) is 0 Å². The predicted octanol–water partition coefficient (Wildman–Crippen LogP) is 2.19. The molecule has 5 heteroatoms. The normalized spacial score (nSPS) is 34.4. The molecule has 1 aromatic heterocycles. The molecule has 6 rings (SSSR count). The quantitative estimate of drug-likeness (QED) is 0.932. The third kappa shape index (κ3) is 2.49. The third-order valence-electron chi connectivity index (χ3n) is 6.66. The van der Waals surface area contributed by atoms with Gasteiger partial charge < -0.3 is 9.67 Å². The van der Waals surface area contributed by atoms with Gasteiger partial charge in [-0.2, -0.15) is 0 Å². The number of hydrogen-bond donors (Lipinski definition) is 1. The molecule has 2 aromatic rings. The van der Waals surface area contributed by atoms with Gasteiger partial charge in [-0.3, -0.25) is 9.80 Å². The lowest BCUT2D eigenvalue weighted by molar-refractivity contribution is -0.00947. The second kappa shape index (κ2) is 5.85. The maximum absolute atomic E-state index is 9.97. The maximum atomic E-state index is 9.97. The summed E-state index contributed by atoms with van der Waals surface area (Å²) in [6, 6.07) is 9.11. The number of phenolic OH excluding ortho intramolecular Hbond substituents is 1. The number of aryl methyl sites for hydroxylation is 1. The Balaban J connectivity index is 1.50. The molecule has 3 atom stereocenters. The van der Waals surface area contributed by atoms with E-state index in [2.05, 4.69) is 32.5 Å². The van der Waals surface area contributed by atoms with E-state index in [-0.39, 0.29) is 0 Å². The highest BCUT2D eigenvalue weighted by molar-refractivity contribution is 5.33. The second-order valence-electron chi connectivity index (χ2n) is 7.94. The van der Waals surface area contributed by atoms with Gasteiger partial charge >= 0.3 is 0 Å². The fourth-order valence-electron chi connectivity index (χ4n) is 5.50. The van der Waals surface area contributed by atoms with Crippen LogP contribution in [-0.4, -0.2) is 56.2 Å². The lowest BCUT2D eigenvalue weighted by Crippen LogP contribution is -2.60. The van der Waals surface area contributed by atoms with Crippen molar-refractivity contribution in [2.45, 2.75) is 37.4 Å². The molecule has 5 heterocycles. The number of aromatic hydroxyl groups is 1. The van der Waals surface area contributed by atoms with Gasteiger partial charge in [0.05, 0.1) is 6.54 Å². The monoisotopic (exact) mass is 338 g/mol. The van der Waals surface area contributed by atoms with Crippen molar-refractivity contribution < 1.29 is 5.11 Å². The molecule has 4 aliphatic rings. The number of piperidine rings is 3. The van der Waals surface area contributed by atoms with Gasteiger partial charge in [0.2, 0.25) is 0 Å². The summed E-state index contributed by atoms with van der Waals surface area (Å²) in [5.41, 5.74) is 1.28. The molecule has 0 spiro atoms. The topological polar surface area (TPSA) is 44.5 Å². The van der Waals surface area contributed by atoms with Gasteiger partial charge in [0.15, 0.2) is 0 Å². The molecule has 5 nitrogen and oxygen atoms in total. The van der Waals surface area contributed by atoms with Gasteiger partial charge in [-0.15, -0.1) is 0 Å². The van der Waals surface area contributed by atoms with Gasteiger partial charge in [0, 0.05) is 44.0 Å². The smallest absolute Gasteiger partial charge is 0.122 e. The molecule has 25 heavy (non-hydrogen) atoms. The number of rotatable bonds is 3. The molecule has 132 valence electrons. The second-order valence-corrected chi connectivity index (χ2v) is 7.94. The van der Waals surface area contributed by atoms with E-state index in [9.17, 15) is 5.11 Å². The summed E-state index contributed by atoms with van der Waals surface area (Å²) in [4.78, 5) is 9.93. The van der Waals surface area contributed by atoms with E-state index in [0.29, 0.717) is 23.8 Å². The van der Waals surface area contributed by atoms with Crippen LogP contribution in [-0.2, 0) is 13.6 Å². The van der Waals surface area contributed by atoms with Crippen LogP contribution in [0.5, 0.6) is 5.75 Å². The fraction of sp³-hybridized carbons (Fsp3) is 0.550. The Kier molecular flexibility index (Phi) is 3.61. The molecule has 4 saturated heterocycles. The fourth-order valence-corrected chi connectivity index (χ4v) is 5.50. The lowest BCUT2D eigenvalue weighted by Gasteiger charge is -2.51. The van der Waals surface area contributed by atoms with Crippen LogP contribution in [0.2, 0.25) is 0 Å². The summed E-state index contributed by atoms with van der Waals surface area (Å²) >= 11 is 0. The number of phenols is 1. The first kappa shape index (κ1) is 15.4. The molecular formula is C20H26N4O. The van der Waals surface area contributed by atoms with Gasteiger partial charge in [-0.05, 0) is 49.5 Å². The highest BCUT2D eigenvalue weighted by atomic mass is 16.3. The number of nitrogens with zero attached hydrogens (tertiary/aromatic N) is 4. The number of likely N-dealkylation sites (tertiary alicyclic amines) is 1. The molecule has 2 bridgehead atoms. The maximum Gasteiger partial charge on any atom is 0.122 e. The molecular weight excluding hydrogens is 312 g/mol. The molecule has 4 aliphatic heterocycles. The standard InChI is InChI=1S/C20H26N4O/c1-22-10-7-21-18(22)13-24-12-17(15-3-2-4-16(25)11-15)20-19(24)14-5-8-23(20)9-6-14/h2-4,7,10-11,14,17,19-20,25H,5-6,8-9,12-13H2,1H3/t17-,19+,20+/m0/s1. The number of imidazole rings is 1. The van der Waals surface area contributed by atoms with Crippen molar-refractivity contribution in [1.82, 2.24) is 19.4 Å². The first-order valence-corrected chi connectivity index (χ1v) is 9.44. The Bertz CT molecular complexity index is 765. The van der Waals surface area contributed by atoms with Crippen molar-refractivity contribution in [2.24, 2.45) is 13.0 Å². The van der Waals surface area contributed by atoms with Gasteiger partial charge in [-0.1, -0.05) is 12.1 Å². The summed E-state index contributed by atoms with van der Waals surface area (Å²) in [5.74, 6) is 2.80. The van der Waals surface area contributed by atoms with Gasteiger partial charge in [-0.25, -0.2) is 4.98 Å². The van der Waals surface area contributed by atoms with Crippen molar-refractivity contribution in [3.63, 3.8) is 0 Å². The van der Waals surface area contributed by atoms with Gasteiger partial charge in [0.25, 0.3) is 0 Å². The van der Waals surface area contributed by atoms with E-state index in [1.54, 1.807) is 6.07 Å². The number of fused-ring (bicyclic) bond motifs is 2. The van der Waals surface area contributed by atoms with E-state index in [0.717, 1.165) is 24.8 Å². The average Bonchev–Trinajstić information content (AvgIpc) is 3.22. The largest absolute Gasteiger partial charge is 0.508 e. The minimum absolute atomic E-state index is 0.382.